The molecule has 0 aliphatic heterocycles. The van der Waals surface area contributed by atoms with Gasteiger partial charge in [-0.15, -0.1) is 0 Å². The van der Waals surface area contributed by atoms with Gasteiger partial charge in [0.25, 0.3) is 0 Å². The molecule has 6 nitrogen and oxygen atoms in total. The van der Waals surface area contributed by atoms with E-state index in [0.717, 1.165) is 11.1 Å². The Morgan fingerprint density at radius 3 is 2.07 bits per heavy atom. The summed E-state index contributed by atoms with van der Waals surface area (Å²) in [4.78, 5) is 12.6. The van der Waals surface area contributed by atoms with Crippen molar-refractivity contribution in [1.29, 1.82) is 5.26 Å². The molecule has 30 heavy (non-hydrogen) atoms. The number of amides is 1. The summed E-state index contributed by atoms with van der Waals surface area (Å²) in [7, 11) is 0. The van der Waals surface area contributed by atoms with Crippen molar-refractivity contribution in [3.63, 3.8) is 0 Å². The Labute approximate surface area is 179 Å². The van der Waals surface area contributed by atoms with E-state index in [0.29, 0.717) is 5.56 Å². The van der Waals surface area contributed by atoms with E-state index in [9.17, 15) is 4.79 Å². The van der Waals surface area contributed by atoms with Crippen LogP contribution in [-0.4, -0.2) is 17.2 Å². The largest absolute Gasteiger partial charge is 0.444 e. The minimum Gasteiger partial charge on any atom is -0.444 e. The van der Waals surface area contributed by atoms with Crippen LogP contribution in [0.5, 0.6) is 0 Å². The Morgan fingerprint density at radius 2 is 1.57 bits per heavy atom. The molecular formula is C24H30N4O2. The Kier molecular flexibility index (Phi) is 7.33. The molecule has 0 heterocycles. The standard InChI is InChI=1S/C24H30N4O2/c1-23(2,3)28-27-21(19-14-12-17(16-25)13-15-19)20(18-10-8-7-9-11-18)26-22(29)30-24(4,5)6/h7-15,20-21H,1-6H3,(H,26,29)/t20-,21+/m1/s1. The highest BCUT2D eigenvalue weighted by molar-refractivity contribution is 5.68. The molecule has 6 heteroatoms. The maximum Gasteiger partial charge on any atom is 0.408 e. The van der Waals surface area contributed by atoms with Crippen molar-refractivity contribution in [3.05, 3.63) is 71.3 Å². The van der Waals surface area contributed by atoms with E-state index in [1.165, 1.54) is 0 Å². The fourth-order valence-electron chi connectivity index (χ4n) is 2.76. The molecule has 0 unspecified atom stereocenters. The molecule has 158 valence electrons. The predicted octanol–water partition coefficient (Wildman–Crippen LogP) is 6.12. The van der Waals surface area contributed by atoms with Gasteiger partial charge in [-0.2, -0.15) is 15.5 Å². The normalized spacial score (nSPS) is 14.0. The molecule has 0 aromatic heterocycles. The quantitative estimate of drug-likeness (QED) is 0.607. The van der Waals surface area contributed by atoms with Crippen molar-refractivity contribution < 1.29 is 9.53 Å². The minimum absolute atomic E-state index is 0.377. The molecule has 1 N–H and O–H groups in total. The molecule has 2 atom stereocenters. The summed E-state index contributed by atoms with van der Waals surface area (Å²) < 4.78 is 5.49. The summed E-state index contributed by atoms with van der Waals surface area (Å²) in [5, 5.41) is 21.2. The van der Waals surface area contributed by atoms with Gasteiger partial charge in [0.15, 0.2) is 0 Å². The van der Waals surface area contributed by atoms with Crippen LogP contribution in [-0.2, 0) is 4.74 Å². The number of carbonyl (C=O) groups is 1. The molecule has 2 aromatic rings. The second-order valence-corrected chi connectivity index (χ2v) is 9.10. The van der Waals surface area contributed by atoms with Gasteiger partial charge in [-0.1, -0.05) is 42.5 Å². The Hall–Kier alpha value is -3.20. The van der Waals surface area contributed by atoms with E-state index in [-0.39, 0.29) is 5.54 Å². The number of nitrogens with zero attached hydrogens (tertiary/aromatic N) is 3. The molecule has 0 aliphatic rings. The second kappa shape index (κ2) is 9.53. The molecule has 1 amide bonds. The van der Waals surface area contributed by atoms with Crippen LogP contribution < -0.4 is 5.32 Å². The van der Waals surface area contributed by atoms with E-state index in [1.807, 2.05) is 84.0 Å². The number of nitrogens with one attached hydrogen (secondary N) is 1. The molecule has 0 saturated carbocycles. The minimum atomic E-state index is -0.623. The van der Waals surface area contributed by atoms with Gasteiger partial charge in [-0.3, -0.25) is 0 Å². The van der Waals surface area contributed by atoms with Gasteiger partial charge >= 0.3 is 6.09 Å². The third-order valence-electron chi connectivity index (χ3n) is 4.01. The summed E-state index contributed by atoms with van der Waals surface area (Å²) in [6.45, 7) is 11.4. The van der Waals surface area contributed by atoms with Crippen LogP contribution >= 0.6 is 0 Å². The van der Waals surface area contributed by atoms with Crippen LogP contribution in [0, 0.1) is 11.3 Å². The van der Waals surface area contributed by atoms with Crippen LogP contribution in [0.15, 0.2) is 64.8 Å². The SMILES string of the molecule is CC(C)(C)N=N[C@@H](c1ccc(C#N)cc1)[C@H](NC(=O)OC(C)(C)C)c1ccccc1. The van der Waals surface area contributed by atoms with Gasteiger partial charge in [-0.05, 0) is 64.8 Å². The van der Waals surface area contributed by atoms with E-state index in [1.54, 1.807) is 12.1 Å². The zero-order valence-corrected chi connectivity index (χ0v) is 18.5. The number of rotatable bonds is 5. The van der Waals surface area contributed by atoms with Gasteiger partial charge < -0.3 is 10.1 Å². The smallest absolute Gasteiger partial charge is 0.408 e. The first kappa shape index (κ1) is 23.1. The molecule has 0 radical (unpaired) electrons. The highest BCUT2D eigenvalue weighted by atomic mass is 16.6. The molecule has 0 saturated heterocycles. The van der Waals surface area contributed by atoms with Crippen molar-refractivity contribution >= 4 is 6.09 Å². The Morgan fingerprint density at radius 1 is 0.967 bits per heavy atom. The van der Waals surface area contributed by atoms with Crippen LogP contribution in [0.1, 0.15) is 70.3 Å². The van der Waals surface area contributed by atoms with Crippen molar-refractivity contribution in [3.8, 4) is 6.07 Å². The van der Waals surface area contributed by atoms with E-state index >= 15 is 0 Å². The van der Waals surface area contributed by atoms with E-state index in [4.69, 9.17) is 10.00 Å². The van der Waals surface area contributed by atoms with Crippen LogP contribution in [0.2, 0.25) is 0 Å². The zero-order valence-electron chi connectivity index (χ0n) is 18.5. The van der Waals surface area contributed by atoms with Gasteiger partial charge in [0.05, 0.1) is 23.2 Å². The molecule has 0 spiro atoms. The third-order valence-corrected chi connectivity index (χ3v) is 4.01. The van der Waals surface area contributed by atoms with Crippen molar-refractivity contribution in [1.82, 2.24) is 5.32 Å². The molecular weight excluding hydrogens is 376 g/mol. The monoisotopic (exact) mass is 406 g/mol. The van der Waals surface area contributed by atoms with Crippen LogP contribution in [0.4, 0.5) is 4.79 Å². The summed E-state index contributed by atoms with van der Waals surface area (Å²) in [6.07, 6.45) is -0.527. The number of ether oxygens (including phenoxy) is 1. The number of azo groups is 1. The topological polar surface area (TPSA) is 86.8 Å². The lowest BCUT2D eigenvalue weighted by atomic mass is 9.93. The second-order valence-electron chi connectivity index (χ2n) is 9.10. The molecule has 0 bridgehead atoms. The first-order valence-electron chi connectivity index (χ1n) is 9.95. The Bertz CT molecular complexity index is 901. The molecule has 0 aliphatic carbocycles. The molecule has 2 rings (SSSR count). The van der Waals surface area contributed by atoms with E-state index in [2.05, 4.69) is 21.6 Å². The third kappa shape index (κ3) is 7.32. The lowest BCUT2D eigenvalue weighted by Gasteiger charge is -2.28. The fraction of sp³-hybridized carbons (Fsp3) is 0.417. The number of hydrogen-bond donors (Lipinski definition) is 1. The molecule has 0 fully saturated rings. The summed E-state index contributed by atoms with van der Waals surface area (Å²) >= 11 is 0. The number of nitriles is 1. The number of carbonyl (C=O) groups excluding carboxylic acids is 1. The first-order valence-corrected chi connectivity index (χ1v) is 9.95. The van der Waals surface area contributed by atoms with Crippen LogP contribution in [0.3, 0.4) is 0 Å². The highest BCUT2D eigenvalue weighted by Crippen LogP contribution is 2.34. The maximum absolute atomic E-state index is 12.6. The average molecular weight is 407 g/mol. The van der Waals surface area contributed by atoms with Crippen molar-refractivity contribution in [2.75, 3.05) is 0 Å². The fourth-order valence-corrected chi connectivity index (χ4v) is 2.76. The Balaban J connectivity index is 2.51. The number of hydrogen-bond acceptors (Lipinski definition) is 5. The van der Waals surface area contributed by atoms with E-state index < -0.39 is 23.8 Å². The average Bonchev–Trinajstić information content (AvgIpc) is 2.66. The summed E-state index contributed by atoms with van der Waals surface area (Å²) in [5.74, 6) is 0. The zero-order chi connectivity index (χ0) is 22.4. The van der Waals surface area contributed by atoms with Gasteiger partial charge in [0, 0.05) is 0 Å². The van der Waals surface area contributed by atoms with Crippen LogP contribution in [0.25, 0.3) is 0 Å². The lowest BCUT2D eigenvalue weighted by molar-refractivity contribution is 0.0495. The van der Waals surface area contributed by atoms with Crippen molar-refractivity contribution in [2.24, 2.45) is 10.2 Å². The summed E-state index contributed by atoms with van der Waals surface area (Å²) in [6, 6.07) is 17.9. The number of benzene rings is 2. The predicted molar refractivity (Wildman–Crippen MR) is 117 cm³/mol. The molecule has 2 aromatic carbocycles. The number of alkyl carbamates (subject to hydrolysis) is 1. The highest BCUT2D eigenvalue weighted by Gasteiger charge is 2.29. The van der Waals surface area contributed by atoms with Crippen molar-refractivity contribution in [2.45, 2.75) is 64.8 Å². The first-order chi connectivity index (χ1) is 14.0. The van der Waals surface area contributed by atoms with Gasteiger partial charge in [0.2, 0.25) is 0 Å². The summed E-state index contributed by atoms with van der Waals surface area (Å²) in [5.41, 5.74) is 1.28. The van der Waals surface area contributed by atoms with Gasteiger partial charge in [0.1, 0.15) is 11.6 Å². The maximum atomic E-state index is 12.6. The van der Waals surface area contributed by atoms with Gasteiger partial charge in [-0.25, -0.2) is 4.79 Å². The lowest BCUT2D eigenvalue weighted by Crippen LogP contribution is -2.37.